The van der Waals surface area contributed by atoms with Gasteiger partial charge < -0.3 is 95.5 Å². The zero-order chi connectivity index (χ0) is 57.1. The van der Waals surface area contributed by atoms with Crippen LogP contribution in [0.5, 0.6) is 0 Å². The average molecular weight is 1090 g/mol. The van der Waals surface area contributed by atoms with E-state index >= 15 is 0 Å². The van der Waals surface area contributed by atoms with Crippen LogP contribution in [-0.4, -0.2) is 191 Å². The van der Waals surface area contributed by atoms with Crippen LogP contribution in [0.25, 0.3) is 0 Å². The van der Waals surface area contributed by atoms with E-state index in [0.29, 0.717) is 25.1 Å². The van der Waals surface area contributed by atoms with Crippen LogP contribution >= 0.6 is 0 Å². The number of carbonyl (C=O) groups excluding carboxylic acids is 5. The first-order valence-corrected chi connectivity index (χ1v) is 25.1. The van der Waals surface area contributed by atoms with Crippen LogP contribution in [0.3, 0.4) is 0 Å². The normalized spacial score (nSPS) is 22.5. The standard InChI is InChI=1S/C49H82N8O19/c1-28(56(11)46(66)76-49(8,9)10)36(60)42(69-24-23-58)73-38-33(54-40(62)35(59)19-22-52-44(64)74-47(2,3)4)25-34(55-45(65)75-48(5,6)7)39(37(38)61)72-41-32(51-21-12-20-50)18-17-31(71-41)26-53-43(63)70-27-29-13-15-30(16-14-29)57(67)68/h13-17,28,32-39,41-42,51,58-61H,12,18-27,50H2,1-11H3,(H,52,64)(H,53,63)(H,54,62)(H,55,65)/t28-,32+,33+,34-,35-,36+,37+,38-,39+,41+,42+/m0/s1. The van der Waals surface area contributed by atoms with Crippen molar-refractivity contribution in [3.8, 4) is 0 Å². The molecule has 1 heterocycles. The maximum absolute atomic E-state index is 13.9. The fourth-order valence-corrected chi connectivity index (χ4v) is 7.51. The summed E-state index contributed by atoms with van der Waals surface area (Å²) in [6.45, 7) is 15.4. The molecule has 0 aromatic heterocycles. The van der Waals surface area contributed by atoms with Gasteiger partial charge in [0.05, 0.1) is 48.8 Å². The van der Waals surface area contributed by atoms with Crippen molar-refractivity contribution < 1.29 is 87.2 Å². The maximum atomic E-state index is 13.9. The first-order valence-electron chi connectivity index (χ1n) is 25.1. The van der Waals surface area contributed by atoms with Crippen molar-refractivity contribution in [1.29, 1.82) is 0 Å². The Morgan fingerprint density at radius 3 is 2.08 bits per heavy atom. The third-order valence-corrected chi connectivity index (χ3v) is 11.3. The van der Waals surface area contributed by atoms with Crippen LogP contribution in [0.2, 0.25) is 0 Å². The van der Waals surface area contributed by atoms with Gasteiger partial charge in [0.1, 0.15) is 59.7 Å². The topological polar surface area (TPSA) is 373 Å². The summed E-state index contributed by atoms with van der Waals surface area (Å²) in [7, 11) is 1.37. The monoisotopic (exact) mass is 1090 g/mol. The molecule has 1 aromatic rings. The number of hydrogen-bond donors (Lipinski definition) is 10. The van der Waals surface area contributed by atoms with Gasteiger partial charge in [-0.3, -0.25) is 14.9 Å². The average Bonchev–Trinajstić information content (AvgIpc) is 3.31. The molecular formula is C49H82N8O19. The molecule has 0 radical (unpaired) electrons. The molecule has 1 saturated carbocycles. The number of carbonyl (C=O) groups is 5. The van der Waals surface area contributed by atoms with E-state index in [-0.39, 0.29) is 50.4 Å². The van der Waals surface area contributed by atoms with Crippen molar-refractivity contribution in [1.82, 2.24) is 31.5 Å². The molecule has 3 rings (SSSR count). The lowest BCUT2D eigenvalue weighted by atomic mass is 9.83. The van der Waals surface area contributed by atoms with E-state index in [4.69, 9.17) is 43.6 Å². The Bertz CT molecular complexity index is 2060. The number of non-ortho nitro benzene ring substituents is 1. The number of nitro groups is 1. The molecule has 27 heteroatoms. The molecule has 1 aliphatic carbocycles. The summed E-state index contributed by atoms with van der Waals surface area (Å²) in [5.74, 6) is -0.792. The minimum atomic E-state index is -1.90. The van der Waals surface area contributed by atoms with Gasteiger partial charge in [0.2, 0.25) is 12.2 Å². The number of aliphatic hydroxyl groups is 4. The number of nitrogens with two attached hydrogens (primary N) is 1. The summed E-state index contributed by atoms with van der Waals surface area (Å²) < 4.78 is 46.8. The molecule has 0 unspecified atom stereocenters. The molecule has 11 N–H and O–H groups in total. The minimum absolute atomic E-state index is 0.132. The highest BCUT2D eigenvalue weighted by molar-refractivity contribution is 5.81. The number of nitro benzene ring substituents is 1. The number of amides is 5. The lowest BCUT2D eigenvalue weighted by Gasteiger charge is -2.48. The molecular weight excluding hydrogens is 1000 g/mol. The third kappa shape index (κ3) is 22.5. The molecule has 2 aliphatic rings. The first-order chi connectivity index (χ1) is 35.4. The minimum Gasteiger partial charge on any atom is -0.466 e. The van der Waals surface area contributed by atoms with E-state index in [1.54, 1.807) is 68.4 Å². The Hall–Kier alpha value is -5.65. The highest BCUT2D eigenvalue weighted by Gasteiger charge is 2.51. The molecule has 5 amide bonds. The Labute approximate surface area is 443 Å². The number of aliphatic hydroxyl groups excluding tert-OH is 4. The number of nitrogens with zero attached hydrogens (tertiary/aromatic N) is 2. The number of rotatable bonds is 25. The van der Waals surface area contributed by atoms with Gasteiger partial charge in [-0.25, -0.2) is 19.2 Å². The van der Waals surface area contributed by atoms with Crippen LogP contribution < -0.4 is 32.3 Å². The second kappa shape index (κ2) is 29.8. The fraction of sp³-hybridized carbons (Fsp3) is 0.735. The summed E-state index contributed by atoms with van der Waals surface area (Å²) in [4.78, 5) is 77.3. The molecule has 0 spiro atoms. The van der Waals surface area contributed by atoms with Crippen LogP contribution in [0, 0.1) is 10.1 Å². The highest BCUT2D eigenvalue weighted by Crippen LogP contribution is 2.32. The van der Waals surface area contributed by atoms with Crippen molar-refractivity contribution in [2.24, 2.45) is 5.73 Å². The van der Waals surface area contributed by atoms with Crippen LogP contribution in [-0.2, 0) is 49.3 Å². The fourth-order valence-electron chi connectivity index (χ4n) is 7.51. The van der Waals surface area contributed by atoms with Gasteiger partial charge in [0, 0.05) is 25.7 Å². The number of likely N-dealkylation sites (N-methyl/N-ethyl adjacent to an activating group) is 1. The molecule has 1 fully saturated rings. The predicted molar refractivity (Wildman–Crippen MR) is 271 cm³/mol. The van der Waals surface area contributed by atoms with Gasteiger partial charge in [-0.1, -0.05) is 0 Å². The Morgan fingerprint density at radius 1 is 0.868 bits per heavy atom. The summed E-state index contributed by atoms with van der Waals surface area (Å²) in [6, 6.07) is 1.07. The van der Waals surface area contributed by atoms with Crippen LogP contribution in [0.4, 0.5) is 24.9 Å². The van der Waals surface area contributed by atoms with Gasteiger partial charge in [0.15, 0.2) is 6.29 Å². The largest absolute Gasteiger partial charge is 0.466 e. The first kappa shape index (κ1) is 64.6. The predicted octanol–water partition coefficient (Wildman–Crippen LogP) is 1.90. The molecule has 1 aliphatic heterocycles. The van der Waals surface area contributed by atoms with E-state index in [0.717, 1.165) is 4.90 Å². The van der Waals surface area contributed by atoms with E-state index in [1.165, 1.54) is 38.2 Å². The summed E-state index contributed by atoms with van der Waals surface area (Å²) in [5.41, 5.74) is 3.41. The van der Waals surface area contributed by atoms with E-state index in [2.05, 4.69) is 26.6 Å². The lowest BCUT2D eigenvalue weighted by Crippen LogP contribution is -2.68. The molecule has 1 aromatic carbocycles. The third-order valence-electron chi connectivity index (χ3n) is 11.3. The number of ether oxygens (including phenoxy) is 8. The van der Waals surface area contributed by atoms with Crippen molar-refractivity contribution in [2.75, 3.05) is 46.4 Å². The highest BCUT2D eigenvalue weighted by atomic mass is 16.7. The molecule has 76 heavy (non-hydrogen) atoms. The molecule has 11 atom stereocenters. The van der Waals surface area contributed by atoms with E-state index < -0.39 is 132 Å². The Morgan fingerprint density at radius 2 is 1.49 bits per heavy atom. The van der Waals surface area contributed by atoms with Crippen molar-refractivity contribution in [2.45, 2.75) is 186 Å². The Balaban J connectivity index is 2.05. The second-order valence-corrected chi connectivity index (χ2v) is 21.3. The van der Waals surface area contributed by atoms with Crippen molar-refractivity contribution in [3.63, 3.8) is 0 Å². The second-order valence-electron chi connectivity index (χ2n) is 21.3. The zero-order valence-electron chi connectivity index (χ0n) is 45.4. The van der Waals surface area contributed by atoms with Gasteiger partial charge in [-0.2, -0.15) is 0 Å². The number of alkyl carbamates (subject to hydrolysis) is 3. The quantitative estimate of drug-likeness (QED) is 0.0220. The van der Waals surface area contributed by atoms with Gasteiger partial charge >= 0.3 is 24.4 Å². The number of nitrogens with one attached hydrogen (secondary N) is 5. The van der Waals surface area contributed by atoms with E-state index in [1.807, 2.05) is 0 Å². The molecule has 0 bridgehead atoms. The SMILES string of the molecule is C[C@@H]([C@@H](O)[C@H](OCCO)O[C@@H]1[C@@H](O)[C@H](O[C@H]2OC(CNC(=O)OCc3ccc([N+](=O)[O-])cc3)=CC[C@H]2NCCCN)[C@@H](NC(=O)OC(C)(C)C)C[C@H]1NC(=O)[C@@H](O)CCNC(=O)OC(C)(C)C)N(C)C(=O)OC(C)(C)C. The van der Waals surface area contributed by atoms with Gasteiger partial charge in [-0.05, 0) is 132 Å². The molecule has 0 saturated heterocycles. The summed E-state index contributed by atoms with van der Waals surface area (Å²) in [6.07, 6.45) is -13.2. The molecule has 432 valence electrons. The smallest absolute Gasteiger partial charge is 0.410 e. The van der Waals surface area contributed by atoms with Gasteiger partial charge in [0.25, 0.3) is 5.69 Å². The summed E-state index contributed by atoms with van der Waals surface area (Å²) >= 11 is 0. The van der Waals surface area contributed by atoms with Crippen molar-refractivity contribution >= 4 is 36.0 Å². The van der Waals surface area contributed by atoms with Gasteiger partial charge in [-0.15, -0.1) is 0 Å². The zero-order valence-corrected chi connectivity index (χ0v) is 45.4. The number of benzene rings is 1. The molecule has 27 nitrogen and oxygen atoms in total. The Kier molecular flexibility index (Phi) is 25.3. The van der Waals surface area contributed by atoms with E-state index in [9.17, 15) is 54.5 Å². The summed E-state index contributed by atoms with van der Waals surface area (Å²) in [5, 5.41) is 70.3. The van der Waals surface area contributed by atoms with Crippen LogP contribution in [0.15, 0.2) is 36.1 Å². The van der Waals surface area contributed by atoms with Crippen molar-refractivity contribution in [3.05, 3.63) is 51.8 Å². The van der Waals surface area contributed by atoms with Crippen LogP contribution in [0.1, 0.15) is 100 Å². The lowest BCUT2D eigenvalue weighted by molar-refractivity contribution is -0.384. The maximum Gasteiger partial charge on any atom is 0.410 e. The number of hydrogen-bond acceptors (Lipinski definition) is 21.